The first-order valence-corrected chi connectivity index (χ1v) is 7.98. The lowest BCUT2D eigenvalue weighted by Gasteiger charge is -2.36. The minimum atomic E-state index is 0.721. The fourth-order valence-electron chi connectivity index (χ4n) is 3.58. The van der Waals surface area contributed by atoms with Crippen molar-refractivity contribution in [2.75, 3.05) is 6.54 Å². The number of aryl methyl sites for hydroxylation is 1. The van der Waals surface area contributed by atoms with Gasteiger partial charge in [0.1, 0.15) is 0 Å². The standard InChI is InChI=1S/C16H27N3/c1-3-12-4-5-13(9-17-15-6-7-15)16(8-12)14-10-18-19(2)11-14/h10-13,15-17H,3-9H2,1-2H3. The second-order valence-electron chi connectivity index (χ2n) is 6.58. The van der Waals surface area contributed by atoms with Gasteiger partial charge in [-0.3, -0.25) is 4.68 Å². The van der Waals surface area contributed by atoms with Gasteiger partial charge in [-0.15, -0.1) is 0 Å². The van der Waals surface area contributed by atoms with Gasteiger partial charge in [-0.1, -0.05) is 19.8 Å². The van der Waals surface area contributed by atoms with Crippen LogP contribution in [0, 0.1) is 11.8 Å². The van der Waals surface area contributed by atoms with Crippen LogP contribution in [0.2, 0.25) is 0 Å². The van der Waals surface area contributed by atoms with Crippen molar-refractivity contribution in [2.24, 2.45) is 18.9 Å². The van der Waals surface area contributed by atoms with Gasteiger partial charge in [-0.05, 0) is 55.5 Å². The van der Waals surface area contributed by atoms with Gasteiger partial charge in [0, 0.05) is 19.3 Å². The van der Waals surface area contributed by atoms with Gasteiger partial charge in [0.05, 0.1) is 6.20 Å². The molecule has 3 unspecified atom stereocenters. The molecule has 19 heavy (non-hydrogen) atoms. The SMILES string of the molecule is CCC1CCC(CNC2CC2)C(c2cnn(C)c2)C1. The number of hydrogen-bond donors (Lipinski definition) is 1. The van der Waals surface area contributed by atoms with Gasteiger partial charge >= 0.3 is 0 Å². The summed E-state index contributed by atoms with van der Waals surface area (Å²) in [5, 5.41) is 8.12. The minimum Gasteiger partial charge on any atom is -0.314 e. The average molecular weight is 261 g/mol. The van der Waals surface area contributed by atoms with Crippen LogP contribution in [0.1, 0.15) is 56.9 Å². The Morgan fingerprint density at radius 3 is 2.79 bits per heavy atom. The fraction of sp³-hybridized carbons (Fsp3) is 0.812. The Balaban J connectivity index is 1.68. The second kappa shape index (κ2) is 5.66. The number of nitrogens with zero attached hydrogens (tertiary/aromatic N) is 2. The molecule has 0 aliphatic heterocycles. The van der Waals surface area contributed by atoms with Crippen LogP contribution in [0.15, 0.2) is 12.4 Å². The van der Waals surface area contributed by atoms with E-state index in [1.165, 1.54) is 50.6 Å². The molecule has 2 saturated carbocycles. The summed E-state index contributed by atoms with van der Waals surface area (Å²) in [6.07, 6.45) is 12.6. The molecule has 3 heteroatoms. The van der Waals surface area contributed by atoms with Crippen LogP contribution in [0.5, 0.6) is 0 Å². The summed E-state index contributed by atoms with van der Waals surface area (Å²) in [6.45, 7) is 3.55. The van der Waals surface area contributed by atoms with Gasteiger partial charge in [0.15, 0.2) is 0 Å². The van der Waals surface area contributed by atoms with Gasteiger partial charge in [0.25, 0.3) is 0 Å². The highest BCUT2D eigenvalue weighted by Gasteiger charge is 2.32. The van der Waals surface area contributed by atoms with Crippen LogP contribution < -0.4 is 5.32 Å². The molecule has 1 N–H and O–H groups in total. The second-order valence-corrected chi connectivity index (χ2v) is 6.58. The van der Waals surface area contributed by atoms with Crippen molar-refractivity contribution in [3.8, 4) is 0 Å². The molecule has 0 aromatic carbocycles. The summed E-state index contributed by atoms with van der Waals surface area (Å²) in [5.74, 6) is 2.45. The molecule has 2 aliphatic carbocycles. The molecule has 1 aromatic rings. The van der Waals surface area contributed by atoms with E-state index in [2.05, 4.69) is 29.7 Å². The number of hydrogen-bond acceptors (Lipinski definition) is 2. The van der Waals surface area contributed by atoms with Crippen LogP contribution in [-0.4, -0.2) is 22.4 Å². The molecule has 106 valence electrons. The van der Waals surface area contributed by atoms with Crippen molar-refractivity contribution in [1.82, 2.24) is 15.1 Å². The summed E-state index contributed by atoms with van der Waals surface area (Å²) in [4.78, 5) is 0. The lowest BCUT2D eigenvalue weighted by atomic mass is 9.71. The zero-order chi connectivity index (χ0) is 13.2. The first kappa shape index (κ1) is 13.2. The Bertz CT molecular complexity index is 408. The quantitative estimate of drug-likeness (QED) is 0.882. The number of aromatic nitrogens is 2. The first-order valence-electron chi connectivity index (χ1n) is 7.98. The van der Waals surface area contributed by atoms with Gasteiger partial charge < -0.3 is 5.32 Å². The molecule has 1 aromatic heterocycles. The van der Waals surface area contributed by atoms with Crippen molar-refractivity contribution in [3.63, 3.8) is 0 Å². The molecule has 3 atom stereocenters. The first-order chi connectivity index (χ1) is 9.26. The Labute approximate surface area is 116 Å². The molecular weight excluding hydrogens is 234 g/mol. The molecule has 2 aliphatic rings. The van der Waals surface area contributed by atoms with Crippen LogP contribution in [0.25, 0.3) is 0 Å². The zero-order valence-corrected chi connectivity index (χ0v) is 12.3. The fourth-order valence-corrected chi connectivity index (χ4v) is 3.58. The highest BCUT2D eigenvalue weighted by Crippen LogP contribution is 2.41. The highest BCUT2D eigenvalue weighted by atomic mass is 15.2. The van der Waals surface area contributed by atoms with E-state index in [4.69, 9.17) is 0 Å². The third-order valence-corrected chi connectivity index (χ3v) is 5.08. The van der Waals surface area contributed by atoms with E-state index in [1.807, 2.05) is 11.7 Å². The predicted octanol–water partition coefficient (Wildman–Crippen LogP) is 3.08. The lowest BCUT2D eigenvalue weighted by Crippen LogP contribution is -2.32. The molecule has 0 saturated heterocycles. The smallest absolute Gasteiger partial charge is 0.0524 e. The molecule has 0 bridgehead atoms. The Hall–Kier alpha value is -0.830. The monoisotopic (exact) mass is 261 g/mol. The molecule has 0 spiro atoms. The lowest BCUT2D eigenvalue weighted by molar-refractivity contribution is 0.225. The molecule has 3 nitrogen and oxygen atoms in total. The van der Waals surface area contributed by atoms with Crippen molar-refractivity contribution in [3.05, 3.63) is 18.0 Å². The predicted molar refractivity (Wildman–Crippen MR) is 78.1 cm³/mol. The summed E-state index contributed by atoms with van der Waals surface area (Å²) >= 11 is 0. The van der Waals surface area contributed by atoms with E-state index in [0.717, 1.165) is 23.8 Å². The van der Waals surface area contributed by atoms with Crippen LogP contribution in [0.4, 0.5) is 0 Å². The maximum Gasteiger partial charge on any atom is 0.0524 e. The normalized spacial score (nSPS) is 31.6. The van der Waals surface area contributed by atoms with Gasteiger partial charge in [-0.25, -0.2) is 0 Å². The largest absolute Gasteiger partial charge is 0.314 e. The molecule has 0 radical (unpaired) electrons. The molecule has 0 amide bonds. The summed E-state index contributed by atoms with van der Waals surface area (Å²) < 4.78 is 1.95. The topological polar surface area (TPSA) is 29.9 Å². The maximum atomic E-state index is 4.38. The van der Waals surface area contributed by atoms with Crippen LogP contribution in [0.3, 0.4) is 0 Å². The van der Waals surface area contributed by atoms with E-state index in [1.54, 1.807) is 0 Å². The van der Waals surface area contributed by atoms with Gasteiger partial charge in [0.2, 0.25) is 0 Å². The average Bonchev–Trinajstić information content (AvgIpc) is 3.17. The van der Waals surface area contributed by atoms with Gasteiger partial charge in [-0.2, -0.15) is 5.10 Å². The third kappa shape index (κ3) is 3.19. The zero-order valence-electron chi connectivity index (χ0n) is 12.3. The number of nitrogens with one attached hydrogen (secondary N) is 1. The Kier molecular flexibility index (Phi) is 3.92. The van der Waals surface area contributed by atoms with Crippen LogP contribution >= 0.6 is 0 Å². The molecule has 3 rings (SSSR count). The van der Waals surface area contributed by atoms with Crippen molar-refractivity contribution in [1.29, 1.82) is 0 Å². The van der Waals surface area contributed by atoms with Crippen molar-refractivity contribution < 1.29 is 0 Å². The molecular formula is C16H27N3. The summed E-state index contributed by atoms with van der Waals surface area (Å²) in [7, 11) is 2.03. The van der Waals surface area contributed by atoms with E-state index < -0.39 is 0 Å². The Morgan fingerprint density at radius 2 is 2.16 bits per heavy atom. The Morgan fingerprint density at radius 1 is 1.32 bits per heavy atom. The van der Waals surface area contributed by atoms with Crippen molar-refractivity contribution in [2.45, 2.75) is 57.4 Å². The van der Waals surface area contributed by atoms with E-state index in [-0.39, 0.29) is 0 Å². The summed E-state index contributed by atoms with van der Waals surface area (Å²) in [5.41, 5.74) is 1.46. The van der Waals surface area contributed by atoms with E-state index >= 15 is 0 Å². The number of rotatable bonds is 5. The summed E-state index contributed by atoms with van der Waals surface area (Å²) in [6, 6.07) is 0.832. The van der Waals surface area contributed by atoms with Crippen LogP contribution in [-0.2, 0) is 7.05 Å². The highest BCUT2D eigenvalue weighted by molar-refractivity contribution is 5.14. The molecule has 2 fully saturated rings. The van der Waals surface area contributed by atoms with E-state index in [0.29, 0.717) is 0 Å². The van der Waals surface area contributed by atoms with E-state index in [9.17, 15) is 0 Å². The van der Waals surface area contributed by atoms with Crippen molar-refractivity contribution >= 4 is 0 Å². The molecule has 1 heterocycles. The minimum absolute atomic E-state index is 0.721. The maximum absolute atomic E-state index is 4.38. The third-order valence-electron chi connectivity index (χ3n) is 5.08.